The first kappa shape index (κ1) is 24.7. The molecule has 0 aromatic rings. The lowest BCUT2D eigenvalue weighted by atomic mass is 9.95. The number of carbonyl (C=O) groups excluding carboxylic acids is 1. The first-order valence-corrected chi connectivity index (χ1v) is 10.3. The summed E-state index contributed by atoms with van der Waals surface area (Å²) in [6.45, 7) is -1.55. The van der Waals surface area contributed by atoms with E-state index in [0.29, 0.717) is 12.3 Å². The minimum atomic E-state index is -2.27. The van der Waals surface area contributed by atoms with Crippen molar-refractivity contribution in [3.8, 4) is 0 Å². The first-order valence-electron chi connectivity index (χ1n) is 10.3. The van der Waals surface area contributed by atoms with Crippen molar-refractivity contribution in [2.24, 2.45) is 11.7 Å². The number of hydrogen-bond donors (Lipinski definition) is 9. The van der Waals surface area contributed by atoms with Gasteiger partial charge in [0.1, 0.15) is 42.7 Å². The molecule has 0 aromatic heterocycles. The summed E-state index contributed by atoms with van der Waals surface area (Å²) >= 11 is 0. The third kappa shape index (κ3) is 5.51. The van der Waals surface area contributed by atoms with Gasteiger partial charge in [-0.3, -0.25) is 4.79 Å². The second kappa shape index (κ2) is 9.89. The normalized spacial score (nSPS) is 44.7. The van der Waals surface area contributed by atoms with Gasteiger partial charge in [-0.05, 0) is 12.3 Å². The molecule has 1 amide bonds. The maximum Gasteiger partial charge on any atom is 0.234 e. The van der Waals surface area contributed by atoms with Crippen LogP contribution in [0.4, 0.5) is 0 Å². The molecule has 0 bridgehead atoms. The fourth-order valence-electron chi connectivity index (χ4n) is 3.79. The molecule has 0 radical (unpaired) electrons. The summed E-state index contributed by atoms with van der Waals surface area (Å²) in [7, 11) is 0. The zero-order valence-corrected chi connectivity index (χ0v) is 16.9. The number of ether oxygens (including phenoxy) is 3. The molecule has 3 fully saturated rings. The Bertz CT molecular complexity index is 621. The average molecular weight is 452 g/mol. The number of amides is 1. The van der Waals surface area contributed by atoms with Crippen molar-refractivity contribution in [1.82, 2.24) is 5.32 Å². The van der Waals surface area contributed by atoms with Gasteiger partial charge in [-0.1, -0.05) is 12.8 Å². The Morgan fingerprint density at radius 3 is 2.42 bits per heavy atom. The van der Waals surface area contributed by atoms with Crippen LogP contribution in [0, 0.1) is 5.92 Å². The number of aliphatic hydroxyl groups is 7. The van der Waals surface area contributed by atoms with Crippen LogP contribution in [0.1, 0.15) is 19.3 Å². The second-order valence-electron chi connectivity index (χ2n) is 8.48. The lowest BCUT2D eigenvalue weighted by Crippen LogP contribution is -2.68. The predicted octanol–water partition coefficient (Wildman–Crippen LogP) is -5.14. The molecule has 10 atom stereocenters. The molecule has 31 heavy (non-hydrogen) atoms. The lowest BCUT2D eigenvalue weighted by molar-refractivity contribution is -0.367. The monoisotopic (exact) mass is 452 g/mol. The maximum atomic E-state index is 11.7. The third-order valence-electron chi connectivity index (χ3n) is 6.01. The lowest BCUT2D eigenvalue weighted by Gasteiger charge is -2.47. The SMILES string of the molecule is NC(=O)C(CC1CC1)NCC1(O)OCC(O)C(OC2OC(CO)C(O)C(O)C2O)C1O. The Kier molecular flexibility index (Phi) is 7.87. The van der Waals surface area contributed by atoms with Gasteiger partial charge in [0, 0.05) is 0 Å². The quantitative estimate of drug-likeness (QED) is 0.160. The van der Waals surface area contributed by atoms with E-state index in [1.807, 2.05) is 0 Å². The van der Waals surface area contributed by atoms with Gasteiger partial charge in [-0.15, -0.1) is 0 Å². The molecular formula is C18H32N2O11. The molecule has 10 N–H and O–H groups in total. The molecule has 2 saturated heterocycles. The number of nitrogens with one attached hydrogen (secondary N) is 1. The average Bonchev–Trinajstić information content (AvgIpc) is 3.55. The van der Waals surface area contributed by atoms with Crippen LogP contribution in [0.2, 0.25) is 0 Å². The van der Waals surface area contributed by atoms with Gasteiger partial charge in [-0.25, -0.2) is 0 Å². The standard InChI is InChI=1S/C18H32N2O11/c19-16(27)8(3-7-1-2-7)20-6-18(28)15(26)14(9(22)5-29-18)31-17-13(25)12(24)11(23)10(4-21)30-17/h7-15,17,20-26,28H,1-6H2,(H2,19,27). The van der Waals surface area contributed by atoms with E-state index in [0.717, 1.165) is 12.8 Å². The predicted molar refractivity (Wildman–Crippen MR) is 99.9 cm³/mol. The molecule has 1 aliphatic carbocycles. The Balaban J connectivity index is 1.65. The van der Waals surface area contributed by atoms with E-state index >= 15 is 0 Å². The Hall–Kier alpha value is -0.970. The van der Waals surface area contributed by atoms with Gasteiger partial charge in [0.15, 0.2) is 6.29 Å². The van der Waals surface area contributed by atoms with Crippen LogP contribution in [0.15, 0.2) is 0 Å². The van der Waals surface area contributed by atoms with E-state index in [4.69, 9.17) is 19.9 Å². The molecule has 180 valence electrons. The smallest absolute Gasteiger partial charge is 0.234 e. The Morgan fingerprint density at radius 1 is 1.16 bits per heavy atom. The third-order valence-corrected chi connectivity index (χ3v) is 6.01. The van der Waals surface area contributed by atoms with Crippen molar-refractivity contribution in [2.45, 2.75) is 80.1 Å². The van der Waals surface area contributed by atoms with Crippen molar-refractivity contribution in [3.63, 3.8) is 0 Å². The maximum absolute atomic E-state index is 11.7. The molecule has 3 rings (SSSR count). The van der Waals surface area contributed by atoms with Gasteiger partial charge in [-0.2, -0.15) is 0 Å². The van der Waals surface area contributed by atoms with Crippen LogP contribution < -0.4 is 11.1 Å². The summed E-state index contributed by atoms with van der Waals surface area (Å²) in [5, 5.41) is 73.5. The summed E-state index contributed by atoms with van der Waals surface area (Å²) in [6.07, 6.45) is -10.4. The van der Waals surface area contributed by atoms with Crippen molar-refractivity contribution < 1.29 is 54.8 Å². The van der Waals surface area contributed by atoms with Crippen molar-refractivity contribution in [2.75, 3.05) is 19.8 Å². The van der Waals surface area contributed by atoms with Crippen molar-refractivity contribution >= 4 is 5.91 Å². The summed E-state index contributed by atoms with van der Waals surface area (Å²) < 4.78 is 15.9. The van der Waals surface area contributed by atoms with Crippen molar-refractivity contribution in [1.29, 1.82) is 0 Å². The van der Waals surface area contributed by atoms with E-state index in [2.05, 4.69) is 5.32 Å². The number of rotatable bonds is 9. The molecule has 10 unspecified atom stereocenters. The van der Waals surface area contributed by atoms with E-state index in [1.165, 1.54) is 0 Å². The Morgan fingerprint density at radius 2 is 1.84 bits per heavy atom. The number of carbonyl (C=O) groups is 1. The van der Waals surface area contributed by atoms with Crippen LogP contribution in [0.25, 0.3) is 0 Å². The summed E-state index contributed by atoms with van der Waals surface area (Å²) in [6, 6.07) is -0.746. The van der Waals surface area contributed by atoms with Gasteiger partial charge in [0.05, 0.1) is 25.8 Å². The van der Waals surface area contributed by atoms with Gasteiger partial charge >= 0.3 is 0 Å². The zero-order chi connectivity index (χ0) is 22.9. The number of nitrogens with two attached hydrogens (primary N) is 1. The van der Waals surface area contributed by atoms with Crippen LogP contribution >= 0.6 is 0 Å². The van der Waals surface area contributed by atoms with Crippen molar-refractivity contribution in [3.05, 3.63) is 0 Å². The number of primary amides is 1. The summed E-state index contributed by atoms with van der Waals surface area (Å²) in [5.41, 5.74) is 5.38. The zero-order valence-electron chi connectivity index (χ0n) is 16.9. The van der Waals surface area contributed by atoms with Crippen LogP contribution in [0.3, 0.4) is 0 Å². The fourth-order valence-corrected chi connectivity index (χ4v) is 3.79. The topological polar surface area (TPSA) is 224 Å². The highest BCUT2D eigenvalue weighted by Gasteiger charge is 2.53. The molecule has 3 aliphatic rings. The highest BCUT2D eigenvalue weighted by Crippen LogP contribution is 2.34. The van der Waals surface area contributed by atoms with Gasteiger partial charge in [0.25, 0.3) is 0 Å². The van der Waals surface area contributed by atoms with Crippen LogP contribution in [-0.4, -0.2) is 122 Å². The minimum Gasteiger partial charge on any atom is -0.394 e. The van der Waals surface area contributed by atoms with E-state index in [1.54, 1.807) is 0 Å². The van der Waals surface area contributed by atoms with Crippen LogP contribution in [0.5, 0.6) is 0 Å². The van der Waals surface area contributed by atoms with Gasteiger partial charge < -0.3 is 61.0 Å². The first-order chi connectivity index (χ1) is 14.6. The van der Waals surface area contributed by atoms with Crippen LogP contribution in [-0.2, 0) is 19.0 Å². The minimum absolute atomic E-state index is 0.362. The van der Waals surface area contributed by atoms with E-state index in [9.17, 15) is 40.5 Å². The molecule has 0 spiro atoms. The largest absolute Gasteiger partial charge is 0.394 e. The highest BCUT2D eigenvalue weighted by atomic mass is 16.7. The second-order valence-corrected chi connectivity index (χ2v) is 8.48. The van der Waals surface area contributed by atoms with Gasteiger partial charge in [0.2, 0.25) is 11.7 Å². The molecule has 13 nitrogen and oxygen atoms in total. The molecule has 0 aromatic carbocycles. The fraction of sp³-hybridized carbons (Fsp3) is 0.944. The summed E-state index contributed by atoms with van der Waals surface area (Å²) in [4.78, 5) is 11.7. The summed E-state index contributed by atoms with van der Waals surface area (Å²) in [5.74, 6) is -2.52. The molecule has 2 aliphatic heterocycles. The molecule has 2 heterocycles. The highest BCUT2D eigenvalue weighted by molar-refractivity contribution is 5.79. The molecule has 13 heteroatoms. The molecule has 1 saturated carbocycles. The molecular weight excluding hydrogens is 420 g/mol. The van der Waals surface area contributed by atoms with E-state index in [-0.39, 0.29) is 0 Å². The Labute approximate surface area is 178 Å². The number of hydrogen-bond acceptors (Lipinski definition) is 12. The van der Waals surface area contributed by atoms with E-state index < -0.39 is 86.5 Å². The number of aliphatic hydroxyl groups excluding tert-OH is 6.